The van der Waals surface area contributed by atoms with Crippen molar-refractivity contribution in [3.05, 3.63) is 54.1 Å². The summed E-state index contributed by atoms with van der Waals surface area (Å²) in [6.45, 7) is -1.49. The molecule has 0 bridgehead atoms. The van der Waals surface area contributed by atoms with Gasteiger partial charge in [0.05, 0.1) is 0 Å². The molecule has 0 aliphatic heterocycles. The zero-order chi connectivity index (χ0) is 15.4. The lowest BCUT2D eigenvalue weighted by molar-refractivity contribution is 0.443. The molecule has 3 rings (SSSR count). The molecule has 1 fully saturated rings. The van der Waals surface area contributed by atoms with E-state index in [0.717, 1.165) is 26.3 Å². The van der Waals surface area contributed by atoms with E-state index in [0.29, 0.717) is 0 Å². The number of hydrogen-bond acceptors (Lipinski definition) is 2. The second-order valence-corrected chi connectivity index (χ2v) is 9.80. The lowest BCUT2D eigenvalue weighted by atomic mass is 9.84. The molecule has 4 heteroatoms. The fourth-order valence-corrected chi connectivity index (χ4v) is 5.08. The van der Waals surface area contributed by atoms with Crippen molar-refractivity contribution < 1.29 is 4.57 Å². The first-order valence-corrected chi connectivity index (χ1v) is 11.4. The van der Waals surface area contributed by atoms with E-state index in [4.69, 9.17) is 11.2 Å². The highest BCUT2D eigenvalue weighted by Crippen LogP contribution is 2.33. The van der Waals surface area contributed by atoms with Crippen LogP contribution in [-0.2, 0) is 25.3 Å². The molecule has 1 aliphatic carbocycles. The van der Waals surface area contributed by atoms with E-state index in [1.54, 1.807) is 0 Å². The standard InChI is InChI=1S/C18H19OPS2/c19-20(22-21)18-12-10-17(11-13-18)16-8-6-15(7-9-16)14-4-2-1-3-5-14/h6-14H,1-5H2. The minimum atomic E-state index is -1.49. The summed E-state index contributed by atoms with van der Waals surface area (Å²) in [7, 11) is 0.990. The first-order chi connectivity index (χ1) is 10.8. The minimum Gasteiger partial charge on any atom is -0.265 e. The molecule has 0 aromatic heterocycles. The third-order valence-corrected chi connectivity index (χ3v) is 7.58. The third kappa shape index (κ3) is 3.65. The van der Waals surface area contributed by atoms with Gasteiger partial charge >= 0.3 is 0 Å². The molecule has 1 unspecified atom stereocenters. The minimum absolute atomic E-state index is 0.748. The van der Waals surface area contributed by atoms with Gasteiger partial charge in [0, 0.05) is 5.30 Å². The molecule has 2 aromatic carbocycles. The van der Waals surface area contributed by atoms with Gasteiger partial charge in [-0.3, -0.25) is 4.57 Å². The van der Waals surface area contributed by atoms with Crippen molar-refractivity contribution in [2.45, 2.75) is 38.0 Å². The normalized spacial score (nSPS) is 16.3. The van der Waals surface area contributed by atoms with Gasteiger partial charge in [0.15, 0.2) is 6.58 Å². The molecular formula is C18H19OPS2. The van der Waals surface area contributed by atoms with Gasteiger partial charge in [-0.15, -0.1) is 0 Å². The van der Waals surface area contributed by atoms with Gasteiger partial charge in [-0.1, -0.05) is 55.7 Å². The fraction of sp³-hybridized carbons (Fsp3) is 0.333. The summed E-state index contributed by atoms with van der Waals surface area (Å²) in [4.78, 5) is 0. The second kappa shape index (κ2) is 7.50. The summed E-state index contributed by atoms with van der Waals surface area (Å²) in [5.74, 6) is 0.748. The van der Waals surface area contributed by atoms with E-state index in [1.807, 2.05) is 24.3 Å². The van der Waals surface area contributed by atoms with Crippen LogP contribution in [0.1, 0.15) is 43.6 Å². The molecule has 1 atom stereocenters. The Balaban J connectivity index is 1.80. The van der Waals surface area contributed by atoms with Crippen LogP contribution in [0.5, 0.6) is 0 Å². The average molecular weight is 346 g/mol. The van der Waals surface area contributed by atoms with Crippen LogP contribution in [0.4, 0.5) is 0 Å². The summed E-state index contributed by atoms with van der Waals surface area (Å²) in [6, 6.07) is 16.9. The van der Waals surface area contributed by atoms with Crippen LogP contribution in [0.15, 0.2) is 48.5 Å². The number of benzene rings is 2. The van der Waals surface area contributed by atoms with Gasteiger partial charge in [-0.2, -0.15) is 0 Å². The van der Waals surface area contributed by atoms with Gasteiger partial charge in [0.1, 0.15) is 0 Å². The molecule has 1 aliphatic rings. The Morgan fingerprint density at radius 1 is 0.864 bits per heavy atom. The van der Waals surface area contributed by atoms with Gasteiger partial charge in [0.2, 0.25) is 0 Å². The molecule has 1 saturated carbocycles. The van der Waals surface area contributed by atoms with Crippen molar-refractivity contribution in [2.24, 2.45) is 0 Å². The molecule has 1 nitrogen and oxygen atoms in total. The van der Waals surface area contributed by atoms with Crippen LogP contribution < -0.4 is 5.30 Å². The fourth-order valence-electron chi connectivity index (χ4n) is 3.20. The molecule has 0 heterocycles. The van der Waals surface area contributed by atoms with Crippen LogP contribution in [0.3, 0.4) is 0 Å². The summed E-state index contributed by atoms with van der Waals surface area (Å²) >= 11 is 4.79. The first kappa shape index (κ1) is 15.9. The highest BCUT2D eigenvalue weighted by atomic mass is 32.9. The highest BCUT2D eigenvalue weighted by Gasteiger charge is 2.15. The van der Waals surface area contributed by atoms with E-state index in [1.165, 1.54) is 43.2 Å². The van der Waals surface area contributed by atoms with Crippen molar-refractivity contribution in [1.29, 1.82) is 0 Å². The van der Waals surface area contributed by atoms with Crippen LogP contribution in [-0.4, -0.2) is 0 Å². The molecule has 0 amide bonds. The Hall–Kier alpha value is -1.02. The summed E-state index contributed by atoms with van der Waals surface area (Å²) in [5.41, 5.74) is 3.86. The Bertz CT molecular complexity index is 734. The average Bonchev–Trinajstić information content (AvgIpc) is 2.62. The van der Waals surface area contributed by atoms with Crippen molar-refractivity contribution in [3.8, 4) is 11.1 Å². The van der Waals surface area contributed by atoms with Crippen LogP contribution in [0, 0.1) is 0 Å². The van der Waals surface area contributed by atoms with Gasteiger partial charge in [0.25, 0.3) is 0 Å². The molecule has 2 aromatic rings. The number of hydrogen-bond donors (Lipinski definition) is 0. The van der Waals surface area contributed by atoms with Gasteiger partial charge in [-0.25, -0.2) is 0 Å². The van der Waals surface area contributed by atoms with Crippen LogP contribution >= 0.6 is 6.58 Å². The van der Waals surface area contributed by atoms with Gasteiger partial charge in [-0.05, 0) is 68.3 Å². The zero-order valence-electron chi connectivity index (χ0n) is 12.4. The molecule has 22 heavy (non-hydrogen) atoms. The predicted molar refractivity (Wildman–Crippen MR) is 99.7 cm³/mol. The largest absolute Gasteiger partial charge is 0.265 e. The highest BCUT2D eigenvalue weighted by molar-refractivity contribution is 8.34. The van der Waals surface area contributed by atoms with Crippen molar-refractivity contribution in [2.75, 3.05) is 0 Å². The summed E-state index contributed by atoms with van der Waals surface area (Å²) < 4.78 is 11.7. The second-order valence-electron chi connectivity index (χ2n) is 5.84. The first-order valence-electron chi connectivity index (χ1n) is 7.75. The lowest BCUT2D eigenvalue weighted by Crippen LogP contribution is -2.04. The SMILES string of the molecule is O=P(=S=S)c1ccc(-c2ccc(C3CCCCC3)cc2)cc1. The van der Waals surface area contributed by atoms with Crippen molar-refractivity contribution in [1.82, 2.24) is 0 Å². The van der Waals surface area contributed by atoms with E-state index >= 15 is 0 Å². The van der Waals surface area contributed by atoms with E-state index in [9.17, 15) is 4.57 Å². The molecule has 0 saturated heterocycles. The zero-order valence-corrected chi connectivity index (χ0v) is 14.9. The molecule has 0 radical (unpaired) electrons. The summed E-state index contributed by atoms with van der Waals surface area (Å²) in [6.07, 6.45) is 6.80. The van der Waals surface area contributed by atoms with Crippen LogP contribution in [0.25, 0.3) is 11.1 Å². The van der Waals surface area contributed by atoms with Crippen molar-refractivity contribution >= 4 is 32.6 Å². The molecule has 0 spiro atoms. The van der Waals surface area contributed by atoms with Crippen LogP contribution in [0.2, 0.25) is 0 Å². The molecule has 114 valence electrons. The quantitative estimate of drug-likeness (QED) is 0.700. The van der Waals surface area contributed by atoms with E-state index < -0.39 is 6.58 Å². The lowest BCUT2D eigenvalue weighted by Gasteiger charge is -2.22. The maximum absolute atomic E-state index is 11.7. The maximum Gasteiger partial charge on any atom is 0.197 e. The summed E-state index contributed by atoms with van der Waals surface area (Å²) in [5, 5.41) is 0.817. The van der Waals surface area contributed by atoms with E-state index in [-0.39, 0.29) is 0 Å². The Morgan fingerprint density at radius 2 is 1.41 bits per heavy atom. The predicted octanol–water partition coefficient (Wildman–Crippen LogP) is 5.31. The Morgan fingerprint density at radius 3 is 1.95 bits per heavy atom. The van der Waals surface area contributed by atoms with Crippen molar-refractivity contribution in [3.63, 3.8) is 0 Å². The van der Waals surface area contributed by atoms with E-state index in [2.05, 4.69) is 24.3 Å². The molecule has 0 N–H and O–H groups in total. The smallest absolute Gasteiger partial charge is 0.197 e. The maximum atomic E-state index is 11.7. The number of rotatable bonds is 3. The monoisotopic (exact) mass is 346 g/mol. The third-order valence-electron chi connectivity index (χ3n) is 4.47. The van der Waals surface area contributed by atoms with Gasteiger partial charge < -0.3 is 0 Å². The topological polar surface area (TPSA) is 17.1 Å². The molecular weight excluding hydrogens is 327 g/mol. The Labute approximate surface area is 140 Å². The Kier molecular flexibility index (Phi) is 5.41.